The summed E-state index contributed by atoms with van der Waals surface area (Å²) in [5.74, 6) is -2.94. The van der Waals surface area contributed by atoms with Crippen LogP contribution in [0.1, 0.15) is 45.6 Å². The quantitative estimate of drug-likeness (QED) is 0.399. The number of nitrogens with one attached hydrogen (secondary N) is 1. The van der Waals surface area contributed by atoms with Crippen LogP contribution in [0.25, 0.3) is 0 Å². The van der Waals surface area contributed by atoms with Gasteiger partial charge in [0.15, 0.2) is 29.1 Å². The number of hydrogen-bond acceptors (Lipinski definition) is 6. The van der Waals surface area contributed by atoms with Gasteiger partial charge in [0.1, 0.15) is 11.8 Å². The predicted octanol–water partition coefficient (Wildman–Crippen LogP) is 4.37. The zero-order chi connectivity index (χ0) is 25.9. The lowest BCUT2D eigenvalue weighted by molar-refractivity contribution is -0.121. The third kappa shape index (κ3) is 6.41. The Hall–Kier alpha value is -3.44. The molecule has 4 rings (SSSR count). The molecule has 9 nitrogen and oxygen atoms in total. The number of halogens is 2. The van der Waals surface area contributed by atoms with E-state index < -0.39 is 34.9 Å². The van der Waals surface area contributed by atoms with Crippen LogP contribution < -0.4 is 10.1 Å². The minimum absolute atomic E-state index is 0.0340. The molecule has 3 N–H and O–H groups in total. The normalized spacial score (nSPS) is 17.1. The first-order valence-electron chi connectivity index (χ1n) is 11.8. The average molecular weight is 505 g/mol. The Morgan fingerprint density at radius 2 is 2.06 bits per heavy atom. The van der Waals surface area contributed by atoms with Gasteiger partial charge in [0.2, 0.25) is 5.91 Å². The number of benzene rings is 1. The summed E-state index contributed by atoms with van der Waals surface area (Å²) < 4.78 is 42.1. The molecule has 0 saturated carbocycles. The van der Waals surface area contributed by atoms with E-state index in [9.17, 15) is 23.8 Å². The molecule has 0 bridgehead atoms. The highest BCUT2D eigenvalue weighted by Crippen LogP contribution is 2.35. The zero-order valence-corrected chi connectivity index (χ0v) is 20.2. The van der Waals surface area contributed by atoms with Crippen molar-refractivity contribution in [3.8, 4) is 17.4 Å². The molecule has 1 aromatic carbocycles. The summed E-state index contributed by atoms with van der Waals surface area (Å²) in [6.45, 7) is 4.11. The monoisotopic (exact) mass is 504 g/mol. The van der Waals surface area contributed by atoms with E-state index in [1.807, 2.05) is 0 Å². The molecule has 0 radical (unpaired) electrons. The summed E-state index contributed by atoms with van der Waals surface area (Å²) in [5.41, 5.74) is -0.987. The molecule has 1 amide bonds. The second-order valence-corrected chi connectivity index (χ2v) is 9.53. The van der Waals surface area contributed by atoms with E-state index in [4.69, 9.17) is 9.47 Å². The van der Waals surface area contributed by atoms with Crippen LogP contribution in [0.4, 0.5) is 14.6 Å². The maximum atomic E-state index is 14.0. The first-order valence-corrected chi connectivity index (χ1v) is 11.8. The molecule has 1 fully saturated rings. The molecule has 3 aromatic rings. The third-order valence-corrected chi connectivity index (χ3v) is 5.78. The van der Waals surface area contributed by atoms with Gasteiger partial charge in [0.05, 0.1) is 24.4 Å². The number of anilines is 1. The van der Waals surface area contributed by atoms with Crippen molar-refractivity contribution >= 4 is 11.7 Å². The molecule has 3 heterocycles. The highest BCUT2D eigenvalue weighted by molar-refractivity contribution is 5.93. The standard InChI is InChI=1S/C25H30F2N4O5/c1-25(2,34)15-30-10-9-21(29-30)28-24(33)20(12-16-6-3-4-11-35-16)31-14-17(13-22(31)32)36-23-18(26)7-5-8-19(23)27/h5,7-10,13-14,16,20,32,34H,3-4,6,11-12,15H2,1-2H3,(H,28,29,33)/t16-,20-/m0/s1. The van der Waals surface area contributed by atoms with Crippen molar-refractivity contribution in [3.63, 3.8) is 0 Å². The Kier molecular flexibility index (Phi) is 7.60. The number of rotatable bonds is 9. The number of aliphatic hydroxyl groups is 1. The van der Waals surface area contributed by atoms with Crippen LogP contribution in [0.5, 0.6) is 17.4 Å². The molecule has 2 aromatic heterocycles. The van der Waals surface area contributed by atoms with Crippen molar-refractivity contribution in [1.82, 2.24) is 14.3 Å². The summed E-state index contributed by atoms with van der Waals surface area (Å²) in [6.07, 6.45) is 5.65. The fourth-order valence-corrected chi connectivity index (χ4v) is 4.16. The minimum Gasteiger partial charge on any atom is -0.494 e. The van der Waals surface area contributed by atoms with E-state index in [1.54, 1.807) is 26.1 Å². The van der Waals surface area contributed by atoms with Gasteiger partial charge in [0.25, 0.3) is 0 Å². The first kappa shape index (κ1) is 25.6. The van der Waals surface area contributed by atoms with Gasteiger partial charge in [-0.25, -0.2) is 8.78 Å². The van der Waals surface area contributed by atoms with E-state index in [0.717, 1.165) is 31.4 Å². The van der Waals surface area contributed by atoms with Gasteiger partial charge < -0.3 is 29.6 Å². The van der Waals surface area contributed by atoms with Gasteiger partial charge in [-0.1, -0.05) is 6.07 Å². The predicted molar refractivity (Wildman–Crippen MR) is 127 cm³/mol. The van der Waals surface area contributed by atoms with Crippen molar-refractivity contribution in [3.05, 3.63) is 54.4 Å². The molecular weight excluding hydrogens is 474 g/mol. The lowest BCUT2D eigenvalue weighted by Crippen LogP contribution is -2.31. The molecule has 194 valence electrons. The van der Waals surface area contributed by atoms with E-state index in [-0.39, 0.29) is 36.5 Å². The Labute approximate surface area is 207 Å². The van der Waals surface area contributed by atoms with Gasteiger partial charge in [0, 0.05) is 31.4 Å². The van der Waals surface area contributed by atoms with Crippen molar-refractivity contribution in [2.75, 3.05) is 11.9 Å². The summed E-state index contributed by atoms with van der Waals surface area (Å²) in [4.78, 5) is 13.4. The maximum absolute atomic E-state index is 14.0. The highest BCUT2D eigenvalue weighted by atomic mass is 19.1. The number of hydrogen-bond donors (Lipinski definition) is 3. The van der Waals surface area contributed by atoms with Crippen LogP contribution in [0.2, 0.25) is 0 Å². The number of carbonyl (C=O) groups is 1. The number of aromatic nitrogens is 3. The largest absolute Gasteiger partial charge is 0.494 e. The van der Waals surface area contributed by atoms with E-state index in [0.29, 0.717) is 6.61 Å². The summed E-state index contributed by atoms with van der Waals surface area (Å²) in [7, 11) is 0. The second kappa shape index (κ2) is 10.7. The number of amides is 1. The van der Waals surface area contributed by atoms with Gasteiger partial charge >= 0.3 is 0 Å². The lowest BCUT2D eigenvalue weighted by Gasteiger charge is -2.27. The Morgan fingerprint density at radius 1 is 1.31 bits per heavy atom. The summed E-state index contributed by atoms with van der Waals surface area (Å²) in [6, 6.07) is 5.20. The molecule has 1 aliphatic rings. The fraction of sp³-hybridized carbons (Fsp3) is 0.440. The molecular formula is C25H30F2N4O5. The van der Waals surface area contributed by atoms with Crippen LogP contribution in [-0.4, -0.2) is 48.8 Å². The Bertz CT molecular complexity index is 1180. The van der Waals surface area contributed by atoms with Gasteiger partial charge in [-0.3, -0.25) is 9.48 Å². The topological polar surface area (TPSA) is 111 Å². The molecule has 36 heavy (non-hydrogen) atoms. The Balaban J connectivity index is 1.57. The molecule has 11 heteroatoms. The van der Waals surface area contributed by atoms with Crippen molar-refractivity contribution in [2.45, 2.75) is 63.8 Å². The van der Waals surface area contributed by atoms with Crippen LogP contribution >= 0.6 is 0 Å². The first-order chi connectivity index (χ1) is 17.1. The SMILES string of the molecule is CC(C)(O)Cn1ccc(NC(=O)[C@H](C[C@@H]2CCCCO2)n2cc(Oc3c(F)cccc3F)cc2O)n1. The van der Waals surface area contributed by atoms with Gasteiger partial charge in [-0.15, -0.1) is 0 Å². The van der Waals surface area contributed by atoms with Crippen molar-refractivity contribution in [1.29, 1.82) is 0 Å². The number of carbonyl (C=O) groups excluding carboxylic acids is 1. The molecule has 2 atom stereocenters. The number of para-hydroxylation sites is 1. The van der Waals surface area contributed by atoms with Crippen molar-refractivity contribution < 1.29 is 33.3 Å². The summed E-state index contributed by atoms with van der Waals surface area (Å²) >= 11 is 0. The van der Waals surface area contributed by atoms with Crippen LogP contribution in [-0.2, 0) is 16.1 Å². The molecule has 1 saturated heterocycles. The Morgan fingerprint density at radius 3 is 2.72 bits per heavy atom. The molecule has 0 spiro atoms. The van der Waals surface area contributed by atoms with E-state index >= 15 is 0 Å². The fourth-order valence-electron chi connectivity index (χ4n) is 4.16. The minimum atomic E-state index is -0.987. The van der Waals surface area contributed by atoms with Crippen LogP contribution in [0.15, 0.2) is 42.7 Å². The zero-order valence-electron chi connectivity index (χ0n) is 20.2. The number of nitrogens with zero attached hydrogens (tertiary/aromatic N) is 3. The van der Waals surface area contributed by atoms with E-state index in [2.05, 4.69) is 10.4 Å². The smallest absolute Gasteiger partial charge is 0.248 e. The maximum Gasteiger partial charge on any atom is 0.248 e. The van der Waals surface area contributed by atoms with Gasteiger partial charge in [-0.05, 0) is 45.2 Å². The number of ether oxygens (including phenoxy) is 2. The lowest BCUT2D eigenvalue weighted by atomic mass is 10.0. The van der Waals surface area contributed by atoms with Crippen LogP contribution in [0.3, 0.4) is 0 Å². The third-order valence-electron chi connectivity index (χ3n) is 5.78. The second-order valence-electron chi connectivity index (χ2n) is 9.53. The number of aromatic hydroxyl groups is 1. The average Bonchev–Trinajstić information content (AvgIpc) is 3.39. The van der Waals surface area contributed by atoms with E-state index in [1.165, 1.54) is 27.6 Å². The molecule has 1 aliphatic heterocycles. The highest BCUT2D eigenvalue weighted by Gasteiger charge is 2.29. The van der Waals surface area contributed by atoms with Crippen molar-refractivity contribution in [2.24, 2.45) is 0 Å². The summed E-state index contributed by atoms with van der Waals surface area (Å²) in [5, 5.41) is 27.6. The van der Waals surface area contributed by atoms with Gasteiger partial charge in [-0.2, -0.15) is 5.10 Å². The molecule has 0 unspecified atom stereocenters. The molecule has 0 aliphatic carbocycles. The van der Waals surface area contributed by atoms with Crippen LogP contribution in [0, 0.1) is 11.6 Å².